The minimum atomic E-state index is 0. The molecule has 1 aromatic heterocycles. The van der Waals surface area contributed by atoms with Crippen LogP contribution in [0.3, 0.4) is 0 Å². The number of hydrogen-bond donors (Lipinski definition) is 1. The molecule has 0 amide bonds. The summed E-state index contributed by atoms with van der Waals surface area (Å²) < 4.78 is 10.8. The van der Waals surface area contributed by atoms with Crippen LogP contribution in [-0.2, 0) is 12.8 Å². The molecule has 0 spiro atoms. The van der Waals surface area contributed by atoms with E-state index in [0.717, 1.165) is 12.2 Å². The van der Waals surface area contributed by atoms with Crippen molar-refractivity contribution in [3.63, 3.8) is 0 Å². The quantitative estimate of drug-likeness (QED) is 0.845. The summed E-state index contributed by atoms with van der Waals surface area (Å²) in [6.07, 6.45) is 1.33. The molecule has 0 radical (unpaired) electrons. The third-order valence-electron chi connectivity index (χ3n) is 2.89. The Balaban J connectivity index is 0.00000220. The van der Waals surface area contributed by atoms with Crippen molar-refractivity contribution < 1.29 is 9.26 Å². The van der Waals surface area contributed by atoms with E-state index < -0.39 is 0 Å². The van der Waals surface area contributed by atoms with Gasteiger partial charge in [0.15, 0.2) is 5.82 Å². The highest BCUT2D eigenvalue weighted by Gasteiger charge is 2.09. The van der Waals surface area contributed by atoms with Crippen molar-refractivity contribution in [1.29, 1.82) is 0 Å². The van der Waals surface area contributed by atoms with Crippen molar-refractivity contribution in [2.45, 2.75) is 25.8 Å². The van der Waals surface area contributed by atoms with Crippen molar-refractivity contribution in [3.05, 3.63) is 41.0 Å². The predicted octanol–water partition coefficient (Wildman–Crippen LogP) is 2.92. The van der Waals surface area contributed by atoms with Gasteiger partial charge in [0.25, 0.3) is 0 Å². The van der Waals surface area contributed by atoms with Gasteiger partial charge in [0.05, 0.1) is 13.0 Å². The third-order valence-corrected chi connectivity index (χ3v) is 3.14. The average Bonchev–Trinajstić information content (AvgIpc) is 2.88. The Bertz CT molecular complexity index is 531. The number of aromatic nitrogens is 2. The summed E-state index contributed by atoms with van der Waals surface area (Å²) >= 11 is 5.80. The van der Waals surface area contributed by atoms with Crippen LogP contribution in [0.25, 0.3) is 0 Å². The van der Waals surface area contributed by atoms with E-state index in [0.29, 0.717) is 35.8 Å². The topological polar surface area (TPSA) is 60.2 Å². The van der Waals surface area contributed by atoms with Gasteiger partial charge in [-0.2, -0.15) is 4.98 Å². The standard InChI is InChI=1S/C14H18ClN3O2.ClH/c1-10(16-2)9-13-17-14(20-18-13)7-8-19-12-5-3-11(15)4-6-12;/h3-6,10,16H,7-9H2,1-2H3;1H. The first-order chi connectivity index (χ1) is 9.67. The van der Waals surface area contributed by atoms with E-state index in [2.05, 4.69) is 22.4 Å². The molecule has 0 aliphatic rings. The van der Waals surface area contributed by atoms with E-state index in [4.69, 9.17) is 20.9 Å². The fraction of sp³-hybridized carbons (Fsp3) is 0.429. The van der Waals surface area contributed by atoms with Crippen molar-refractivity contribution >= 4 is 24.0 Å². The molecule has 1 atom stereocenters. The first-order valence-corrected chi connectivity index (χ1v) is 6.92. The zero-order chi connectivity index (χ0) is 14.4. The Morgan fingerprint density at radius 3 is 2.71 bits per heavy atom. The van der Waals surface area contributed by atoms with Gasteiger partial charge in [-0.3, -0.25) is 0 Å². The van der Waals surface area contributed by atoms with E-state index in [1.807, 2.05) is 19.2 Å². The van der Waals surface area contributed by atoms with E-state index in [1.165, 1.54) is 0 Å². The normalized spacial score (nSPS) is 11.8. The van der Waals surface area contributed by atoms with Crippen molar-refractivity contribution in [1.82, 2.24) is 15.5 Å². The van der Waals surface area contributed by atoms with E-state index in [9.17, 15) is 0 Å². The third kappa shape index (κ3) is 5.91. The summed E-state index contributed by atoms with van der Waals surface area (Å²) in [5.41, 5.74) is 0. The molecule has 2 rings (SSSR count). The number of rotatable bonds is 7. The smallest absolute Gasteiger partial charge is 0.230 e. The Morgan fingerprint density at radius 1 is 1.33 bits per heavy atom. The minimum absolute atomic E-state index is 0. The fourth-order valence-corrected chi connectivity index (χ4v) is 1.76. The maximum atomic E-state index is 5.80. The zero-order valence-electron chi connectivity index (χ0n) is 12.0. The highest BCUT2D eigenvalue weighted by molar-refractivity contribution is 6.30. The summed E-state index contributed by atoms with van der Waals surface area (Å²) in [5.74, 6) is 2.09. The Labute approximate surface area is 135 Å². The second-order valence-corrected chi connectivity index (χ2v) is 4.99. The molecule has 7 heteroatoms. The lowest BCUT2D eigenvalue weighted by atomic mass is 10.2. The van der Waals surface area contributed by atoms with Crippen LogP contribution in [0.5, 0.6) is 5.75 Å². The number of halogens is 2. The van der Waals surface area contributed by atoms with Gasteiger partial charge in [0, 0.05) is 17.5 Å². The highest BCUT2D eigenvalue weighted by Crippen LogP contribution is 2.15. The summed E-state index contributed by atoms with van der Waals surface area (Å²) in [5, 5.41) is 7.77. The number of nitrogens with one attached hydrogen (secondary N) is 1. The van der Waals surface area contributed by atoms with Gasteiger partial charge in [0.2, 0.25) is 5.89 Å². The van der Waals surface area contributed by atoms with Crippen LogP contribution in [0.1, 0.15) is 18.6 Å². The van der Waals surface area contributed by atoms with E-state index in [1.54, 1.807) is 12.1 Å². The van der Waals surface area contributed by atoms with Gasteiger partial charge in [0.1, 0.15) is 5.75 Å². The number of benzene rings is 1. The maximum Gasteiger partial charge on any atom is 0.230 e. The van der Waals surface area contributed by atoms with Gasteiger partial charge >= 0.3 is 0 Å². The van der Waals surface area contributed by atoms with Gasteiger partial charge in [-0.05, 0) is 38.2 Å². The van der Waals surface area contributed by atoms with Crippen molar-refractivity contribution in [2.75, 3.05) is 13.7 Å². The first-order valence-electron chi connectivity index (χ1n) is 6.54. The van der Waals surface area contributed by atoms with Crippen LogP contribution in [0.15, 0.2) is 28.8 Å². The van der Waals surface area contributed by atoms with Crippen molar-refractivity contribution in [3.8, 4) is 5.75 Å². The summed E-state index contributed by atoms with van der Waals surface area (Å²) in [6, 6.07) is 7.57. The molecule has 0 aliphatic heterocycles. The molecule has 21 heavy (non-hydrogen) atoms. The maximum absolute atomic E-state index is 5.80. The monoisotopic (exact) mass is 331 g/mol. The molecule has 1 heterocycles. The van der Waals surface area contributed by atoms with Gasteiger partial charge in [-0.1, -0.05) is 16.8 Å². The summed E-state index contributed by atoms with van der Waals surface area (Å²) in [6.45, 7) is 2.56. The van der Waals surface area contributed by atoms with Crippen LogP contribution in [-0.4, -0.2) is 29.8 Å². The lowest BCUT2D eigenvalue weighted by Gasteiger charge is -2.05. The molecule has 0 bridgehead atoms. The fourth-order valence-electron chi connectivity index (χ4n) is 1.64. The lowest BCUT2D eigenvalue weighted by Crippen LogP contribution is -2.24. The number of nitrogens with zero attached hydrogens (tertiary/aromatic N) is 2. The average molecular weight is 332 g/mol. The van der Waals surface area contributed by atoms with Crippen LogP contribution in [0.2, 0.25) is 5.02 Å². The van der Waals surface area contributed by atoms with Gasteiger partial charge in [-0.25, -0.2) is 0 Å². The first kappa shape index (κ1) is 17.8. The van der Waals surface area contributed by atoms with Crippen LogP contribution < -0.4 is 10.1 Å². The molecule has 1 N–H and O–H groups in total. The Hall–Kier alpha value is -1.30. The highest BCUT2D eigenvalue weighted by atomic mass is 35.5. The van der Waals surface area contributed by atoms with E-state index >= 15 is 0 Å². The minimum Gasteiger partial charge on any atom is -0.493 e. The molecule has 1 unspecified atom stereocenters. The lowest BCUT2D eigenvalue weighted by molar-refractivity contribution is 0.291. The SMILES string of the molecule is CNC(C)Cc1noc(CCOc2ccc(Cl)cc2)n1.Cl. The molecule has 5 nitrogen and oxygen atoms in total. The van der Waals surface area contributed by atoms with Gasteiger partial charge < -0.3 is 14.6 Å². The largest absolute Gasteiger partial charge is 0.493 e. The number of ether oxygens (including phenoxy) is 1. The van der Waals surface area contributed by atoms with Gasteiger partial charge in [-0.15, -0.1) is 12.4 Å². The molecule has 0 fully saturated rings. The molecular weight excluding hydrogens is 313 g/mol. The Kier molecular flexibility index (Phi) is 7.50. The van der Waals surface area contributed by atoms with Crippen LogP contribution in [0, 0.1) is 0 Å². The summed E-state index contributed by atoms with van der Waals surface area (Å²) in [7, 11) is 1.91. The molecule has 2 aromatic rings. The number of likely N-dealkylation sites (N-methyl/N-ethyl adjacent to an activating group) is 1. The zero-order valence-corrected chi connectivity index (χ0v) is 13.6. The number of hydrogen-bond acceptors (Lipinski definition) is 5. The molecular formula is C14H19Cl2N3O2. The molecule has 0 aliphatic carbocycles. The molecule has 1 aromatic carbocycles. The predicted molar refractivity (Wildman–Crippen MR) is 84.4 cm³/mol. The second kappa shape index (κ2) is 8.87. The van der Waals surface area contributed by atoms with Crippen LogP contribution in [0.4, 0.5) is 0 Å². The molecule has 0 saturated heterocycles. The van der Waals surface area contributed by atoms with Crippen molar-refractivity contribution in [2.24, 2.45) is 0 Å². The molecule has 116 valence electrons. The summed E-state index contributed by atoms with van der Waals surface area (Å²) in [4.78, 5) is 4.32. The second-order valence-electron chi connectivity index (χ2n) is 4.55. The van der Waals surface area contributed by atoms with Crippen LogP contribution >= 0.6 is 24.0 Å². The van der Waals surface area contributed by atoms with E-state index in [-0.39, 0.29) is 12.4 Å². The molecule has 0 saturated carbocycles. The Morgan fingerprint density at radius 2 is 2.05 bits per heavy atom.